The summed E-state index contributed by atoms with van der Waals surface area (Å²) in [5, 5.41) is 18.1. The van der Waals surface area contributed by atoms with Crippen molar-refractivity contribution in [3.63, 3.8) is 0 Å². The summed E-state index contributed by atoms with van der Waals surface area (Å²) in [6, 6.07) is 13.1. The minimum absolute atomic E-state index is 0.00451. The van der Waals surface area contributed by atoms with Crippen LogP contribution in [-0.2, 0) is 4.79 Å². The van der Waals surface area contributed by atoms with E-state index < -0.39 is 4.92 Å². The minimum atomic E-state index is -0.483. The predicted octanol–water partition coefficient (Wildman–Crippen LogP) is 3.20. The monoisotopic (exact) mass is 346 g/mol. The number of nitrogens with zero attached hydrogens (tertiary/aromatic N) is 2. The average Bonchev–Trinajstić information content (AvgIpc) is 2.59. The number of halogens is 1. The number of nitro benzene ring substituents is 1. The Morgan fingerprint density at radius 3 is 2.71 bits per heavy atom. The Morgan fingerprint density at radius 1 is 1.25 bits per heavy atom. The summed E-state index contributed by atoms with van der Waals surface area (Å²) < 4.78 is 0. The zero-order valence-corrected chi connectivity index (χ0v) is 13.6. The molecule has 2 rings (SSSR count). The van der Waals surface area contributed by atoms with Crippen LogP contribution in [0.5, 0.6) is 0 Å². The third kappa shape index (κ3) is 4.79. The van der Waals surface area contributed by atoms with Crippen molar-refractivity contribution in [2.24, 2.45) is 5.10 Å². The molecular weight excluding hydrogens is 332 g/mol. The van der Waals surface area contributed by atoms with E-state index in [9.17, 15) is 14.9 Å². The molecule has 7 nitrogen and oxygen atoms in total. The van der Waals surface area contributed by atoms with Gasteiger partial charge in [0, 0.05) is 17.7 Å². The van der Waals surface area contributed by atoms with Crippen LogP contribution < -0.4 is 10.7 Å². The van der Waals surface area contributed by atoms with Gasteiger partial charge < -0.3 is 5.32 Å². The van der Waals surface area contributed by atoms with Crippen LogP contribution in [0.3, 0.4) is 0 Å². The van der Waals surface area contributed by atoms with Crippen molar-refractivity contribution in [2.75, 3.05) is 11.9 Å². The second-order valence-corrected chi connectivity index (χ2v) is 5.28. The number of para-hydroxylation sites is 1. The summed E-state index contributed by atoms with van der Waals surface area (Å²) in [5.74, 6) is -0.361. The van der Waals surface area contributed by atoms with Crippen molar-refractivity contribution in [2.45, 2.75) is 6.92 Å². The van der Waals surface area contributed by atoms with Gasteiger partial charge in [-0.05, 0) is 19.1 Å². The number of nitro groups is 1. The van der Waals surface area contributed by atoms with Gasteiger partial charge in [0.15, 0.2) is 0 Å². The average molecular weight is 347 g/mol. The highest BCUT2D eigenvalue weighted by atomic mass is 35.5. The molecule has 2 aromatic rings. The number of anilines is 1. The number of rotatable bonds is 6. The first-order chi connectivity index (χ1) is 11.5. The van der Waals surface area contributed by atoms with E-state index in [4.69, 9.17) is 11.6 Å². The molecule has 0 saturated carbocycles. The van der Waals surface area contributed by atoms with Crippen LogP contribution in [-0.4, -0.2) is 23.1 Å². The third-order valence-electron chi connectivity index (χ3n) is 3.14. The lowest BCUT2D eigenvalue weighted by atomic mass is 10.1. The van der Waals surface area contributed by atoms with Gasteiger partial charge in [-0.1, -0.05) is 35.9 Å². The number of hydrogen-bond acceptors (Lipinski definition) is 5. The molecule has 0 aliphatic heterocycles. The van der Waals surface area contributed by atoms with Crippen LogP contribution in [0.15, 0.2) is 53.6 Å². The first-order valence-corrected chi connectivity index (χ1v) is 7.41. The van der Waals surface area contributed by atoms with Crippen LogP contribution in [0.4, 0.5) is 11.4 Å². The quantitative estimate of drug-likeness (QED) is 0.477. The topological polar surface area (TPSA) is 96.6 Å². The Morgan fingerprint density at radius 2 is 2.00 bits per heavy atom. The second kappa shape index (κ2) is 8.07. The number of hydrogen-bond donors (Lipinski definition) is 2. The van der Waals surface area contributed by atoms with Crippen molar-refractivity contribution >= 4 is 34.6 Å². The third-order valence-corrected chi connectivity index (χ3v) is 3.47. The standard InChI is InChI=1S/C16H15ClN4O3/c1-11(12-5-4-6-13(9-12)21(23)24)19-20-16(22)10-18-15-8-3-2-7-14(15)17/h2-9,18H,10H2,1H3,(H,20,22). The molecule has 0 unspecified atom stereocenters. The molecule has 0 atom stereocenters. The normalized spacial score (nSPS) is 11.0. The van der Waals surface area contributed by atoms with Gasteiger partial charge in [0.25, 0.3) is 11.6 Å². The summed E-state index contributed by atoms with van der Waals surface area (Å²) in [6.45, 7) is 1.65. The molecule has 0 saturated heterocycles. The lowest BCUT2D eigenvalue weighted by Gasteiger charge is -2.07. The molecule has 2 N–H and O–H groups in total. The first kappa shape index (κ1) is 17.4. The van der Waals surface area contributed by atoms with Crippen LogP contribution >= 0.6 is 11.6 Å². The Kier molecular flexibility index (Phi) is 5.86. The lowest BCUT2D eigenvalue weighted by molar-refractivity contribution is -0.384. The number of carbonyl (C=O) groups excluding carboxylic acids is 1. The SMILES string of the molecule is CC(=NNC(=O)CNc1ccccc1Cl)c1cccc([N+](=O)[O-])c1. The molecule has 0 heterocycles. The van der Waals surface area contributed by atoms with Gasteiger partial charge in [-0.2, -0.15) is 5.10 Å². The fourth-order valence-electron chi connectivity index (χ4n) is 1.87. The van der Waals surface area contributed by atoms with E-state index in [-0.39, 0.29) is 18.1 Å². The molecule has 0 aromatic heterocycles. The van der Waals surface area contributed by atoms with E-state index in [1.807, 2.05) is 0 Å². The van der Waals surface area contributed by atoms with E-state index >= 15 is 0 Å². The number of carbonyl (C=O) groups is 1. The molecule has 1 amide bonds. The number of amides is 1. The van der Waals surface area contributed by atoms with Crippen molar-refractivity contribution < 1.29 is 9.72 Å². The van der Waals surface area contributed by atoms with Gasteiger partial charge in [-0.15, -0.1) is 0 Å². The van der Waals surface area contributed by atoms with Gasteiger partial charge >= 0.3 is 0 Å². The molecule has 0 aliphatic carbocycles. The molecular formula is C16H15ClN4O3. The molecule has 124 valence electrons. The highest BCUT2D eigenvalue weighted by molar-refractivity contribution is 6.33. The van der Waals surface area contributed by atoms with E-state index in [0.29, 0.717) is 22.0 Å². The Labute approximate surface area is 143 Å². The number of nitrogens with one attached hydrogen (secondary N) is 2. The zero-order valence-electron chi connectivity index (χ0n) is 12.8. The van der Waals surface area contributed by atoms with Crippen molar-refractivity contribution in [3.05, 3.63) is 69.2 Å². The molecule has 8 heteroatoms. The maximum absolute atomic E-state index is 11.8. The zero-order chi connectivity index (χ0) is 17.5. The number of non-ortho nitro benzene ring substituents is 1. The maximum Gasteiger partial charge on any atom is 0.270 e. The Bertz CT molecular complexity index is 792. The van der Waals surface area contributed by atoms with Crippen LogP contribution in [0, 0.1) is 10.1 Å². The van der Waals surface area contributed by atoms with Gasteiger partial charge in [0.05, 0.1) is 27.9 Å². The smallest absolute Gasteiger partial charge is 0.270 e. The largest absolute Gasteiger partial charge is 0.375 e. The molecule has 2 aromatic carbocycles. The van der Waals surface area contributed by atoms with Gasteiger partial charge in [-0.3, -0.25) is 14.9 Å². The number of hydrazone groups is 1. The van der Waals surface area contributed by atoms with Gasteiger partial charge in [0.2, 0.25) is 0 Å². The lowest BCUT2D eigenvalue weighted by Crippen LogP contribution is -2.26. The van der Waals surface area contributed by atoms with Crippen LogP contribution in [0.25, 0.3) is 0 Å². The Hall–Kier alpha value is -2.93. The molecule has 0 fully saturated rings. The molecule has 0 spiro atoms. The fraction of sp³-hybridized carbons (Fsp3) is 0.125. The van der Waals surface area contributed by atoms with Crippen molar-refractivity contribution in [1.29, 1.82) is 0 Å². The minimum Gasteiger partial charge on any atom is -0.375 e. The summed E-state index contributed by atoms with van der Waals surface area (Å²) in [5.41, 5.74) is 4.03. The van der Waals surface area contributed by atoms with Gasteiger partial charge in [-0.25, -0.2) is 5.43 Å². The number of benzene rings is 2. The second-order valence-electron chi connectivity index (χ2n) is 4.87. The first-order valence-electron chi connectivity index (χ1n) is 7.03. The van der Waals surface area contributed by atoms with Crippen LogP contribution in [0.1, 0.15) is 12.5 Å². The van der Waals surface area contributed by atoms with E-state index in [2.05, 4.69) is 15.8 Å². The van der Waals surface area contributed by atoms with E-state index in [1.54, 1.807) is 43.3 Å². The summed E-state index contributed by atoms with van der Waals surface area (Å²) in [7, 11) is 0. The van der Waals surface area contributed by atoms with Crippen molar-refractivity contribution in [3.8, 4) is 0 Å². The van der Waals surface area contributed by atoms with Crippen LogP contribution in [0.2, 0.25) is 5.02 Å². The highest BCUT2D eigenvalue weighted by Gasteiger charge is 2.08. The van der Waals surface area contributed by atoms with Crippen molar-refractivity contribution in [1.82, 2.24) is 5.43 Å². The maximum atomic E-state index is 11.8. The summed E-state index contributed by atoms with van der Waals surface area (Å²) in [6.07, 6.45) is 0. The highest BCUT2D eigenvalue weighted by Crippen LogP contribution is 2.19. The predicted molar refractivity (Wildman–Crippen MR) is 93.4 cm³/mol. The van der Waals surface area contributed by atoms with Gasteiger partial charge in [0.1, 0.15) is 0 Å². The fourth-order valence-corrected chi connectivity index (χ4v) is 2.08. The molecule has 0 radical (unpaired) electrons. The summed E-state index contributed by atoms with van der Waals surface area (Å²) >= 11 is 5.98. The Balaban J connectivity index is 1.94. The molecule has 0 aliphatic rings. The molecule has 0 bridgehead atoms. The van der Waals surface area contributed by atoms with E-state index in [0.717, 1.165) is 0 Å². The molecule has 24 heavy (non-hydrogen) atoms. The summed E-state index contributed by atoms with van der Waals surface area (Å²) in [4.78, 5) is 22.1. The van der Waals surface area contributed by atoms with E-state index in [1.165, 1.54) is 12.1 Å².